The second kappa shape index (κ2) is 5.42. The summed E-state index contributed by atoms with van der Waals surface area (Å²) >= 11 is 0. The average Bonchev–Trinajstić information content (AvgIpc) is 2.41. The van der Waals surface area contributed by atoms with Crippen molar-refractivity contribution >= 4 is 5.91 Å². The summed E-state index contributed by atoms with van der Waals surface area (Å²) in [4.78, 5) is 16.8. The second-order valence-corrected chi connectivity index (χ2v) is 4.67. The molecular formula is C13H16F2N2O. The van der Waals surface area contributed by atoms with Gasteiger partial charge in [0.15, 0.2) is 5.82 Å². The zero-order valence-electron chi connectivity index (χ0n) is 10.3. The molecule has 1 aliphatic rings. The largest absolute Gasteiger partial charge is 0.339 e. The van der Waals surface area contributed by atoms with Crippen molar-refractivity contribution in [2.24, 2.45) is 0 Å². The molecule has 3 nitrogen and oxygen atoms in total. The van der Waals surface area contributed by atoms with Crippen LogP contribution in [0.2, 0.25) is 0 Å². The molecule has 0 saturated heterocycles. The molecule has 1 heterocycles. The van der Waals surface area contributed by atoms with E-state index in [1.54, 1.807) is 7.05 Å². The molecule has 0 N–H and O–H groups in total. The zero-order valence-corrected chi connectivity index (χ0v) is 10.3. The van der Waals surface area contributed by atoms with Gasteiger partial charge in [0.1, 0.15) is 0 Å². The number of rotatable bonds is 2. The van der Waals surface area contributed by atoms with E-state index in [4.69, 9.17) is 0 Å². The Kier molecular flexibility index (Phi) is 3.89. The Labute approximate surface area is 105 Å². The molecule has 2 rings (SSSR count). The van der Waals surface area contributed by atoms with Gasteiger partial charge in [0.2, 0.25) is 5.95 Å². The second-order valence-electron chi connectivity index (χ2n) is 4.67. The van der Waals surface area contributed by atoms with Gasteiger partial charge < -0.3 is 4.90 Å². The van der Waals surface area contributed by atoms with Gasteiger partial charge in [-0.25, -0.2) is 9.37 Å². The van der Waals surface area contributed by atoms with E-state index in [1.807, 2.05) is 0 Å². The summed E-state index contributed by atoms with van der Waals surface area (Å²) in [7, 11) is 1.65. The van der Waals surface area contributed by atoms with Gasteiger partial charge in [-0.2, -0.15) is 4.39 Å². The molecule has 98 valence electrons. The first-order valence-corrected chi connectivity index (χ1v) is 6.18. The molecule has 0 aromatic carbocycles. The summed E-state index contributed by atoms with van der Waals surface area (Å²) in [6, 6.07) is 1.35. The molecule has 0 aliphatic heterocycles. The van der Waals surface area contributed by atoms with Crippen LogP contribution in [0.4, 0.5) is 8.78 Å². The van der Waals surface area contributed by atoms with Crippen molar-refractivity contribution in [2.45, 2.75) is 38.1 Å². The maximum atomic E-state index is 13.5. The predicted molar refractivity (Wildman–Crippen MR) is 63.1 cm³/mol. The summed E-state index contributed by atoms with van der Waals surface area (Å²) in [5, 5.41) is 0. The maximum absolute atomic E-state index is 13.5. The van der Waals surface area contributed by atoms with Gasteiger partial charge >= 0.3 is 0 Å². The third-order valence-electron chi connectivity index (χ3n) is 3.52. The Hall–Kier alpha value is -1.52. The monoisotopic (exact) mass is 254 g/mol. The fraction of sp³-hybridized carbons (Fsp3) is 0.538. The first-order valence-electron chi connectivity index (χ1n) is 6.18. The number of carbonyl (C=O) groups is 1. The van der Waals surface area contributed by atoms with Crippen LogP contribution >= 0.6 is 0 Å². The third kappa shape index (κ3) is 2.49. The number of nitrogens with zero attached hydrogens (tertiary/aromatic N) is 2. The topological polar surface area (TPSA) is 33.2 Å². The van der Waals surface area contributed by atoms with Crippen LogP contribution in [-0.2, 0) is 0 Å². The van der Waals surface area contributed by atoms with Crippen molar-refractivity contribution in [1.82, 2.24) is 9.88 Å². The molecule has 0 unspecified atom stereocenters. The molecule has 1 aromatic heterocycles. The number of carbonyl (C=O) groups excluding carboxylic acids is 1. The van der Waals surface area contributed by atoms with Crippen molar-refractivity contribution < 1.29 is 13.6 Å². The average molecular weight is 254 g/mol. The van der Waals surface area contributed by atoms with E-state index in [0.717, 1.165) is 31.9 Å². The first-order chi connectivity index (χ1) is 8.61. The Balaban J connectivity index is 2.17. The lowest BCUT2D eigenvalue weighted by Crippen LogP contribution is -2.38. The quantitative estimate of drug-likeness (QED) is 0.760. The van der Waals surface area contributed by atoms with Crippen LogP contribution in [0.5, 0.6) is 0 Å². The van der Waals surface area contributed by atoms with Gasteiger partial charge in [0.05, 0.1) is 5.56 Å². The lowest BCUT2D eigenvalue weighted by Gasteiger charge is -2.31. The van der Waals surface area contributed by atoms with E-state index in [9.17, 15) is 13.6 Å². The Bertz CT molecular complexity index is 445. The van der Waals surface area contributed by atoms with E-state index < -0.39 is 17.7 Å². The lowest BCUT2D eigenvalue weighted by molar-refractivity contribution is 0.0690. The molecule has 0 radical (unpaired) electrons. The number of aromatic nitrogens is 1. The van der Waals surface area contributed by atoms with Crippen LogP contribution in [0.1, 0.15) is 42.5 Å². The molecular weight excluding hydrogens is 238 g/mol. The lowest BCUT2D eigenvalue weighted by atomic mass is 9.94. The van der Waals surface area contributed by atoms with Crippen LogP contribution in [0.15, 0.2) is 12.3 Å². The number of hydrogen-bond donors (Lipinski definition) is 0. The fourth-order valence-corrected chi connectivity index (χ4v) is 2.41. The first kappa shape index (κ1) is 12.9. The summed E-state index contributed by atoms with van der Waals surface area (Å²) < 4.78 is 26.5. The highest BCUT2D eigenvalue weighted by Gasteiger charge is 2.25. The molecule has 0 bridgehead atoms. The standard InChI is InChI=1S/C13H16F2N2O/c1-17(9-5-3-2-4-6-9)13(18)10-7-8-16-12(15)11(10)14/h7-9H,2-6H2,1H3. The summed E-state index contributed by atoms with van der Waals surface area (Å²) in [6.07, 6.45) is 6.30. The summed E-state index contributed by atoms with van der Waals surface area (Å²) in [6.45, 7) is 0. The van der Waals surface area contributed by atoms with Gasteiger partial charge in [-0.15, -0.1) is 0 Å². The SMILES string of the molecule is CN(C(=O)c1ccnc(F)c1F)C1CCCCC1. The van der Waals surface area contributed by atoms with Crippen molar-refractivity contribution in [3.05, 3.63) is 29.6 Å². The van der Waals surface area contributed by atoms with Crippen molar-refractivity contribution in [3.8, 4) is 0 Å². The van der Waals surface area contributed by atoms with E-state index in [-0.39, 0.29) is 11.6 Å². The van der Waals surface area contributed by atoms with E-state index >= 15 is 0 Å². The van der Waals surface area contributed by atoms with Crippen LogP contribution in [0, 0.1) is 11.8 Å². The number of amides is 1. The Morgan fingerprint density at radius 2 is 2.00 bits per heavy atom. The van der Waals surface area contributed by atoms with Crippen molar-refractivity contribution in [1.29, 1.82) is 0 Å². The van der Waals surface area contributed by atoms with Crippen molar-refractivity contribution in [3.63, 3.8) is 0 Å². The normalized spacial score (nSPS) is 16.6. The van der Waals surface area contributed by atoms with Crippen LogP contribution < -0.4 is 0 Å². The van der Waals surface area contributed by atoms with Crippen LogP contribution in [0.3, 0.4) is 0 Å². The van der Waals surface area contributed by atoms with Crippen molar-refractivity contribution in [2.75, 3.05) is 7.05 Å². The molecule has 0 spiro atoms. The molecule has 18 heavy (non-hydrogen) atoms. The number of halogens is 2. The zero-order chi connectivity index (χ0) is 13.1. The molecule has 1 fully saturated rings. The summed E-state index contributed by atoms with van der Waals surface area (Å²) in [5.41, 5.74) is -0.240. The fourth-order valence-electron chi connectivity index (χ4n) is 2.41. The summed E-state index contributed by atoms with van der Waals surface area (Å²) in [5.74, 6) is -2.86. The minimum atomic E-state index is -1.22. The maximum Gasteiger partial charge on any atom is 0.257 e. The minimum absolute atomic E-state index is 0.127. The molecule has 1 amide bonds. The molecule has 1 aromatic rings. The molecule has 1 saturated carbocycles. The Morgan fingerprint density at radius 1 is 1.33 bits per heavy atom. The van der Waals surface area contributed by atoms with Gasteiger partial charge in [-0.3, -0.25) is 4.79 Å². The predicted octanol–water partition coefficient (Wildman–Crippen LogP) is 2.76. The van der Waals surface area contributed by atoms with Gasteiger partial charge in [-0.05, 0) is 18.9 Å². The smallest absolute Gasteiger partial charge is 0.257 e. The molecule has 5 heteroatoms. The van der Waals surface area contributed by atoms with Crippen LogP contribution in [-0.4, -0.2) is 28.9 Å². The van der Waals surface area contributed by atoms with E-state index in [1.165, 1.54) is 17.4 Å². The van der Waals surface area contributed by atoms with E-state index in [2.05, 4.69) is 4.98 Å². The highest BCUT2D eigenvalue weighted by Crippen LogP contribution is 2.23. The Morgan fingerprint density at radius 3 is 2.67 bits per heavy atom. The highest BCUT2D eigenvalue weighted by molar-refractivity contribution is 5.94. The highest BCUT2D eigenvalue weighted by atomic mass is 19.2. The molecule has 1 aliphatic carbocycles. The number of pyridine rings is 1. The van der Waals surface area contributed by atoms with Gasteiger partial charge in [0, 0.05) is 19.3 Å². The van der Waals surface area contributed by atoms with E-state index in [0.29, 0.717) is 0 Å². The van der Waals surface area contributed by atoms with Crippen LogP contribution in [0.25, 0.3) is 0 Å². The third-order valence-corrected chi connectivity index (χ3v) is 3.52. The van der Waals surface area contributed by atoms with Gasteiger partial charge in [-0.1, -0.05) is 19.3 Å². The number of hydrogen-bond acceptors (Lipinski definition) is 2. The van der Waals surface area contributed by atoms with Gasteiger partial charge in [0.25, 0.3) is 5.91 Å². The molecule has 0 atom stereocenters. The minimum Gasteiger partial charge on any atom is -0.339 e.